The first-order valence-corrected chi connectivity index (χ1v) is 24.3. The molecule has 12 nitrogen and oxygen atoms in total. The Bertz CT molecular complexity index is 1360. The van der Waals surface area contributed by atoms with Crippen LogP contribution in [0.25, 0.3) is 0 Å². The van der Waals surface area contributed by atoms with Crippen LogP contribution < -0.4 is 0 Å². The summed E-state index contributed by atoms with van der Waals surface area (Å²) in [4.78, 5) is 62.5. The maximum absolute atomic E-state index is 10.5. The van der Waals surface area contributed by atoms with Gasteiger partial charge < -0.3 is 45.5 Å². The molecule has 0 unspecified atom stereocenters. The molecule has 0 spiro atoms. The molecule has 444 valence electrons. The summed E-state index contributed by atoms with van der Waals surface area (Å²) in [5.41, 5.74) is -0.759. The van der Waals surface area contributed by atoms with E-state index in [1.807, 2.05) is 0 Å². The van der Waals surface area contributed by atoms with Gasteiger partial charge in [0, 0.05) is 102 Å². The van der Waals surface area contributed by atoms with E-state index in [2.05, 4.69) is 13.8 Å². The van der Waals surface area contributed by atoms with Crippen LogP contribution in [0.5, 0.6) is 0 Å². The summed E-state index contributed by atoms with van der Waals surface area (Å²) in [6.45, 7) is 4.54. The van der Waals surface area contributed by atoms with E-state index in [0.717, 1.165) is 25.7 Å². The molecule has 0 atom stereocenters. The minimum atomic E-state index is -1.23. The molecule has 0 fully saturated rings. The van der Waals surface area contributed by atoms with Gasteiger partial charge in [0.1, 0.15) is 0 Å². The van der Waals surface area contributed by atoms with Crippen LogP contribution in [-0.4, -0.2) is 66.5 Å². The monoisotopic (exact) mass is 1570 g/mol. The molecule has 72 heavy (non-hydrogen) atoms. The number of unbranched alkanes of at least 4 members (excludes halogenated alkanes) is 28. The standard InChI is InChI=1S/2C18H36O2.2C8H6O4.2CH3.6Ag/c2*1-2-3-4-5-6-7-8-9-10-11-12-13-14-15-16-17-18(19)20;2*9-7(10)5-3-1-2-4-6(5)8(11)12;;;;;;;;/h2*2-17H2,1H3,(H,19,20);2*1-4H,(H,9,10)(H,11,12);2*1H3;;;;;;/q;;;;2*-1;;;;;2*+1. The number of aliphatic carboxylic acids is 2. The van der Waals surface area contributed by atoms with E-state index in [9.17, 15) is 28.8 Å². The van der Waals surface area contributed by atoms with Gasteiger partial charge in [0.2, 0.25) is 0 Å². The fourth-order valence-corrected chi connectivity index (χ4v) is 7.01. The van der Waals surface area contributed by atoms with Crippen molar-refractivity contribution in [3.05, 3.63) is 85.6 Å². The van der Waals surface area contributed by atoms with E-state index < -0.39 is 35.8 Å². The zero-order valence-electron chi connectivity index (χ0n) is 43.2. The molecule has 0 saturated carbocycles. The van der Waals surface area contributed by atoms with E-state index in [1.54, 1.807) is 0 Å². The topological polar surface area (TPSA) is 224 Å². The Kier molecular flexibility index (Phi) is 92.4. The van der Waals surface area contributed by atoms with Crippen molar-refractivity contribution in [1.82, 2.24) is 0 Å². The molecule has 0 aliphatic rings. The van der Waals surface area contributed by atoms with Gasteiger partial charge in [-0.2, -0.15) is 0 Å². The zero-order valence-corrected chi connectivity index (χ0v) is 52.1. The third-order valence-corrected chi connectivity index (χ3v) is 10.8. The Labute approximate surface area is 528 Å². The predicted molar refractivity (Wildman–Crippen MR) is 268 cm³/mol. The second-order valence-corrected chi connectivity index (χ2v) is 16.5. The predicted octanol–water partition coefficient (Wildman–Crippen LogP) is 15.7. The van der Waals surface area contributed by atoms with Crippen molar-refractivity contribution in [2.24, 2.45) is 0 Å². The second-order valence-electron chi connectivity index (χ2n) is 16.5. The number of aromatic carboxylic acids is 4. The van der Waals surface area contributed by atoms with E-state index in [-0.39, 0.29) is 171 Å². The molecule has 0 bridgehead atoms. The van der Waals surface area contributed by atoms with E-state index in [0.29, 0.717) is 12.8 Å². The van der Waals surface area contributed by atoms with Crippen molar-refractivity contribution in [3.63, 3.8) is 0 Å². The molecule has 0 aliphatic carbocycles. The van der Waals surface area contributed by atoms with Gasteiger partial charge in [0.25, 0.3) is 0 Å². The van der Waals surface area contributed by atoms with Gasteiger partial charge in [-0.3, -0.25) is 9.59 Å². The van der Waals surface area contributed by atoms with Gasteiger partial charge in [-0.15, -0.1) is 0 Å². The average molecular weight is 1580 g/mol. The van der Waals surface area contributed by atoms with Crippen LogP contribution in [0.1, 0.15) is 261 Å². The molecule has 2 rings (SSSR count). The maximum Gasteiger partial charge on any atom is 1.00 e. The Morgan fingerprint density at radius 3 is 0.556 bits per heavy atom. The normalized spacial score (nSPS) is 9.14. The van der Waals surface area contributed by atoms with Crippen molar-refractivity contribution in [2.45, 2.75) is 219 Å². The van der Waals surface area contributed by atoms with Crippen LogP contribution in [0.2, 0.25) is 0 Å². The number of rotatable bonds is 36. The second kappa shape index (κ2) is 70.7. The molecule has 2 aromatic rings. The number of hydrogen-bond acceptors (Lipinski definition) is 6. The number of benzene rings is 2. The molecular weight excluding hydrogens is 1490 g/mol. The third kappa shape index (κ3) is 64.0. The van der Waals surface area contributed by atoms with Crippen LogP contribution in [0.15, 0.2) is 48.5 Å². The summed E-state index contributed by atoms with van der Waals surface area (Å²) in [7, 11) is 0. The van der Waals surface area contributed by atoms with Gasteiger partial charge >= 0.3 is 80.6 Å². The Morgan fingerprint density at radius 1 is 0.292 bits per heavy atom. The molecule has 0 saturated heterocycles. The number of hydrogen-bond donors (Lipinski definition) is 6. The van der Waals surface area contributed by atoms with Crippen LogP contribution in [0.4, 0.5) is 0 Å². The van der Waals surface area contributed by atoms with Crippen molar-refractivity contribution in [1.29, 1.82) is 0 Å². The Hall–Kier alpha value is -0.298. The van der Waals surface area contributed by atoms with Crippen molar-refractivity contribution >= 4 is 35.8 Å². The molecule has 0 heterocycles. The van der Waals surface area contributed by atoms with Crippen LogP contribution >= 0.6 is 0 Å². The smallest absolute Gasteiger partial charge is 0.481 e. The SMILES string of the molecule is CCCCCCCCCCCCCCCCCC(=O)O.CCCCCCCCCCCCCCCCCC(=O)O.O=C(O)c1ccccc1C(=O)O.O=C(O)c1ccccc1C(=O)O.[Ag+].[Ag+].[Ag].[Ag].[Ag].[Ag].[CH3-].[CH3-]. The molecule has 18 heteroatoms. The summed E-state index contributed by atoms with van der Waals surface area (Å²) in [5, 5.41) is 51.2. The number of carbonyl (C=O) groups is 6. The summed E-state index contributed by atoms with van der Waals surface area (Å²) < 4.78 is 0. The van der Waals surface area contributed by atoms with Gasteiger partial charge in [-0.25, -0.2) is 19.2 Å². The van der Waals surface area contributed by atoms with E-state index in [1.165, 1.54) is 215 Å². The van der Waals surface area contributed by atoms with E-state index >= 15 is 0 Å². The van der Waals surface area contributed by atoms with Gasteiger partial charge in [-0.05, 0) is 37.1 Å². The minimum Gasteiger partial charge on any atom is -0.481 e. The van der Waals surface area contributed by atoms with Crippen molar-refractivity contribution < 1.29 is 194 Å². The maximum atomic E-state index is 10.5. The largest absolute Gasteiger partial charge is 1.00 e. The Balaban J connectivity index is -0.0000000876. The first kappa shape index (κ1) is 94.1. The zero-order chi connectivity index (χ0) is 48.1. The fourth-order valence-electron chi connectivity index (χ4n) is 7.01. The van der Waals surface area contributed by atoms with Crippen molar-refractivity contribution in [2.75, 3.05) is 0 Å². The quantitative estimate of drug-likeness (QED) is 0.0213. The number of carboxylic acids is 6. The van der Waals surface area contributed by atoms with Gasteiger partial charge in [0.15, 0.2) is 0 Å². The summed E-state index contributed by atoms with van der Waals surface area (Å²) in [6, 6.07) is 11.0. The summed E-state index contributed by atoms with van der Waals surface area (Å²) in [5.74, 6) is -6.22. The average Bonchev–Trinajstić information content (AvgIpc) is 3.26. The summed E-state index contributed by atoms with van der Waals surface area (Å²) >= 11 is 0. The first-order valence-electron chi connectivity index (χ1n) is 24.3. The molecule has 0 aromatic heterocycles. The molecular formula is C54H90Ag6O12. The van der Waals surface area contributed by atoms with Crippen LogP contribution in [-0.2, 0) is 144 Å². The van der Waals surface area contributed by atoms with Crippen LogP contribution in [0, 0.1) is 14.9 Å². The summed E-state index contributed by atoms with van der Waals surface area (Å²) in [6.07, 6.45) is 40.4. The van der Waals surface area contributed by atoms with Gasteiger partial charge in [0.05, 0.1) is 22.3 Å². The molecule has 2 aromatic carbocycles. The van der Waals surface area contributed by atoms with E-state index in [4.69, 9.17) is 30.6 Å². The molecule has 6 N–H and O–H groups in total. The minimum absolute atomic E-state index is 0. The third-order valence-electron chi connectivity index (χ3n) is 10.8. The van der Waals surface area contributed by atoms with Crippen LogP contribution in [0.3, 0.4) is 0 Å². The number of carboxylic acid groups (broad SMARTS) is 6. The van der Waals surface area contributed by atoms with Gasteiger partial charge in [-0.1, -0.05) is 218 Å². The molecule has 4 radical (unpaired) electrons. The Morgan fingerprint density at radius 2 is 0.431 bits per heavy atom. The fraction of sp³-hybridized carbons (Fsp3) is 0.630. The molecule has 0 aliphatic heterocycles. The van der Waals surface area contributed by atoms with Crippen molar-refractivity contribution in [3.8, 4) is 0 Å². The first-order chi connectivity index (χ1) is 30.8. The molecule has 0 amide bonds.